The molecule has 0 saturated heterocycles. The van der Waals surface area contributed by atoms with Gasteiger partial charge in [-0.05, 0) is 29.3 Å². The van der Waals surface area contributed by atoms with Crippen LogP contribution in [-0.2, 0) is 12.4 Å². The van der Waals surface area contributed by atoms with Crippen LogP contribution >= 0.6 is 0 Å². The van der Waals surface area contributed by atoms with Gasteiger partial charge in [-0.15, -0.1) is 0 Å². The molecule has 2 aromatic rings. The predicted molar refractivity (Wildman–Crippen MR) is 60.7 cm³/mol. The number of rotatable bonds is 1. The zero-order valence-electron chi connectivity index (χ0n) is 9.81. The summed E-state index contributed by atoms with van der Waals surface area (Å²) >= 11 is 0. The summed E-state index contributed by atoms with van der Waals surface area (Å²) in [6.45, 7) is 0. The number of halogens is 6. The van der Waals surface area contributed by atoms with Crippen LogP contribution in [0.25, 0.3) is 11.1 Å². The maximum absolute atomic E-state index is 12.8. The first-order valence-corrected chi connectivity index (χ1v) is 5.44. The molecule has 0 atom stereocenters. The van der Waals surface area contributed by atoms with Crippen LogP contribution < -0.4 is 0 Å². The molecule has 2 aromatic carbocycles. The smallest absolute Gasteiger partial charge is 0.166 e. The molecule has 0 nitrogen and oxygen atoms in total. The molecular weight excluding hydrogens is 282 g/mol. The Hall–Kier alpha value is -1.98. The van der Waals surface area contributed by atoms with Gasteiger partial charge in [-0.3, -0.25) is 0 Å². The van der Waals surface area contributed by atoms with Crippen LogP contribution in [0.4, 0.5) is 26.3 Å². The second kappa shape index (κ2) is 4.85. The van der Waals surface area contributed by atoms with Crippen molar-refractivity contribution in [1.29, 1.82) is 0 Å². The maximum Gasteiger partial charge on any atom is 0.417 e. The fourth-order valence-corrected chi connectivity index (χ4v) is 1.78. The fraction of sp³-hybridized carbons (Fsp3) is 0.143. The van der Waals surface area contributed by atoms with E-state index >= 15 is 0 Å². The van der Waals surface area contributed by atoms with Gasteiger partial charge in [0.2, 0.25) is 0 Å². The molecule has 0 saturated carbocycles. The van der Waals surface area contributed by atoms with E-state index in [1.54, 1.807) is 0 Å². The standard InChI is InChI=1S/C14H7F6/c15-13(16,17)11-7-6-10(8-12(11)14(18,19)20)9-4-2-1-3-5-9/h2-8H. The molecule has 20 heavy (non-hydrogen) atoms. The van der Waals surface area contributed by atoms with Crippen molar-refractivity contribution < 1.29 is 26.3 Å². The summed E-state index contributed by atoms with van der Waals surface area (Å²) in [6, 6.07) is 10.6. The molecule has 0 aliphatic heterocycles. The lowest BCUT2D eigenvalue weighted by Crippen LogP contribution is -2.16. The molecule has 0 aromatic heterocycles. The van der Waals surface area contributed by atoms with Gasteiger partial charge in [0, 0.05) is 0 Å². The Bertz CT molecular complexity index is 595. The first kappa shape index (κ1) is 14.4. The van der Waals surface area contributed by atoms with Crippen molar-refractivity contribution in [2.24, 2.45) is 0 Å². The maximum atomic E-state index is 12.8. The Balaban J connectivity index is 2.62. The quantitative estimate of drug-likeness (QED) is 0.634. The minimum Gasteiger partial charge on any atom is -0.166 e. The van der Waals surface area contributed by atoms with Crippen LogP contribution in [-0.4, -0.2) is 0 Å². The minimum atomic E-state index is -5.07. The summed E-state index contributed by atoms with van der Waals surface area (Å²) in [6.07, 6.45) is -10.1. The Morgan fingerprint density at radius 3 is 1.70 bits per heavy atom. The molecule has 0 unspecified atom stereocenters. The van der Waals surface area contributed by atoms with Crippen LogP contribution in [0.2, 0.25) is 0 Å². The van der Waals surface area contributed by atoms with Crippen LogP contribution in [0.5, 0.6) is 0 Å². The summed E-state index contributed by atoms with van der Waals surface area (Å²) in [5.74, 6) is 0. The fourth-order valence-electron chi connectivity index (χ4n) is 1.78. The monoisotopic (exact) mass is 289 g/mol. The molecule has 6 heteroatoms. The SMILES string of the molecule is FC(F)(F)c1ccc(-c2cc[c]cc2)cc1C(F)(F)F. The zero-order chi connectivity index (χ0) is 15.0. The number of hydrogen-bond acceptors (Lipinski definition) is 0. The topological polar surface area (TPSA) is 0 Å². The highest BCUT2D eigenvalue weighted by Gasteiger charge is 2.43. The van der Waals surface area contributed by atoms with Crippen molar-refractivity contribution in [3.63, 3.8) is 0 Å². The average Bonchev–Trinajstić information content (AvgIpc) is 2.37. The highest BCUT2D eigenvalue weighted by Crippen LogP contribution is 2.41. The highest BCUT2D eigenvalue weighted by molar-refractivity contribution is 5.65. The lowest BCUT2D eigenvalue weighted by atomic mass is 9.98. The van der Waals surface area contributed by atoms with Gasteiger partial charge in [0.05, 0.1) is 11.1 Å². The Morgan fingerprint density at radius 1 is 0.650 bits per heavy atom. The molecule has 105 valence electrons. The van der Waals surface area contributed by atoms with Crippen LogP contribution in [0.3, 0.4) is 0 Å². The lowest BCUT2D eigenvalue weighted by Gasteiger charge is -2.16. The van der Waals surface area contributed by atoms with E-state index in [-0.39, 0.29) is 5.56 Å². The van der Waals surface area contributed by atoms with Crippen LogP contribution in [0.15, 0.2) is 42.5 Å². The van der Waals surface area contributed by atoms with Crippen molar-refractivity contribution in [3.05, 3.63) is 59.7 Å². The van der Waals surface area contributed by atoms with Gasteiger partial charge in [-0.1, -0.05) is 30.3 Å². The Labute approximate surface area is 110 Å². The highest BCUT2D eigenvalue weighted by atomic mass is 19.4. The lowest BCUT2D eigenvalue weighted by molar-refractivity contribution is -0.162. The molecule has 0 amide bonds. The van der Waals surface area contributed by atoms with Gasteiger partial charge in [0.15, 0.2) is 0 Å². The molecule has 2 rings (SSSR count). The third-order valence-corrected chi connectivity index (χ3v) is 2.68. The van der Waals surface area contributed by atoms with Gasteiger partial charge >= 0.3 is 12.4 Å². The van der Waals surface area contributed by atoms with Crippen LogP contribution in [0, 0.1) is 6.07 Å². The molecule has 0 heterocycles. The molecule has 1 radical (unpaired) electrons. The van der Waals surface area contributed by atoms with Gasteiger partial charge in [0.25, 0.3) is 0 Å². The molecule has 0 spiro atoms. The van der Waals surface area contributed by atoms with Gasteiger partial charge in [-0.2, -0.15) is 26.3 Å². The average molecular weight is 289 g/mol. The number of alkyl halides is 6. The second-order valence-corrected chi connectivity index (χ2v) is 4.04. The van der Waals surface area contributed by atoms with Gasteiger partial charge in [-0.25, -0.2) is 0 Å². The second-order valence-electron chi connectivity index (χ2n) is 4.04. The van der Waals surface area contributed by atoms with Crippen molar-refractivity contribution in [2.45, 2.75) is 12.4 Å². The Kier molecular flexibility index (Phi) is 3.50. The van der Waals surface area contributed by atoms with Gasteiger partial charge < -0.3 is 0 Å². The van der Waals surface area contributed by atoms with E-state index < -0.39 is 23.5 Å². The first-order chi connectivity index (χ1) is 9.19. The number of benzene rings is 2. The van der Waals surface area contributed by atoms with Gasteiger partial charge in [0.1, 0.15) is 0 Å². The largest absolute Gasteiger partial charge is 0.417 e. The third kappa shape index (κ3) is 2.95. The van der Waals surface area contributed by atoms with E-state index in [4.69, 9.17) is 0 Å². The van der Waals surface area contributed by atoms with E-state index in [1.807, 2.05) is 0 Å². The summed E-state index contributed by atoms with van der Waals surface area (Å²) < 4.78 is 76.1. The molecule has 0 fully saturated rings. The minimum absolute atomic E-state index is 0.0688. The normalized spacial score (nSPS) is 12.5. The van der Waals surface area contributed by atoms with E-state index in [9.17, 15) is 26.3 Å². The number of hydrogen-bond donors (Lipinski definition) is 0. The molecule has 0 aliphatic carbocycles. The summed E-state index contributed by atoms with van der Waals surface area (Å²) in [4.78, 5) is 0. The predicted octanol–water partition coefficient (Wildman–Crippen LogP) is 5.19. The van der Waals surface area contributed by atoms with E-state index in [1.165, 1.54) is 24.3 Å². The van der Waals surface area contributed by atoms with E-state index in [2.05, 4.69) is 6.07 Å². The van der Waals surface area contributed by atoms with Crippen molar-refractivity contribution >= 4 is 0 Å². The van der Waals surface area contributed by atoms with E-state index in [0.29, 0.717) is 17.7 Å². The summed E-state index contributed by atoms with van der Waals surface area (Å²) in [7, 11) is 0. The van der Waals surface area contributed by atoms with Crippen LogP contribution in [0.1, 0.15) is 11.1 Å². The third-order valence-electron chi connectivity index (χ3n) is 2.68. The Morgan fingerprint density at radius 2 is 1.20 bits per heavy atom. The molecule has 0 N–H and O–H groups in total. The summed E-state index contributed by atoms with van der Waals surface area (Å²) in [5.41, 5.74) is -2.91. The van der Waals surface area contributed by atoms with Crippen molar-refractivity contribution in [3.8, 4) is 11.1 Å². The van der Waals surface area contributed by atoms with Crippen molar-refractivity contribution in [2.75, 3.05) is 0 Å². The first-order valence-electron chi connectivity index (χ1n) is 5.44. The molecular formula is C14H7F6. The van der Waals surface area contributed by atoms with Crippen molar-refractivity contribution in [1.82, 2.24) is 0 Å². The van der Waals surface area contributed by atoms with E-state index in [0.717, 1.165) is 6.07 Å². The molecule has 0 aliphatic rings. The summed E-state index contributed by atoms with van der Waals surface area (Å²) in [5, 5.41) is 0. The zero-order valence-corrected chi connectivity index (χ0v) is 9.81. The molecule has 0 bridgehead atoms.